The van der Waals surface area contributed by atoms with E-state index in [1.54, 1.807) is 14.0 Å². The predicted octanol–water partition coefficient (Wildman–Crippen LogP) is 2.08. The Bertz CT molecular complexity index is 413. The van der Waals surface area contributed by atoms with E-state index in [4.69, 9.17) is 5.73 Å². The highest BCUT2D eigenvalue weighted by Crippen LogP contribution is 2.12. The zero-order valence-electron chi connectivity index (χ0n) is 10.3. The maximum Gasteiger partial charge on any atom is 0.224 e. The minimum absolute atomic E-state index is 0. The first-order valence-electron chi connectivity index (χ1n) is 5.33. The zero-order valence-corrected chi connectivity index (χ0v) is 11.1. The second-order valence-corrected chi connectivity index (χ2v) is 4.17. The van der Waals surface area contributed by atoms with Crippen LogP contribution < -0.4 is 5.73 Å². The molecule has 0 aliphatic rings. The lowest BCUT2D eigenvalue weighted by molar-refractivity contribution is -0.130. The van der Waals surface area contributed by atoms with Gasteiger partial charge in [-0.3, -0.25) is 4.79 Å². The molecule has 0 saturated carbocycles. The third-order valence-corrected chi connectivity index (χ3v) is 2.34. The van der Waals surface area contributed by atoms with Gasteiger partial charge >= 0.3 is 0 Å². The Labute approximate surface area is 111 Å². The number of nitrogens with two attached hydrogens (primary N) is 1. The summed E-state index contributed by atoms with van der Waals surface area (Å²) in [5.41, 5.74) is 5.79. The van der Waals surface area contributed by atoms with Gasteiger partial charge in [0.2, 0.25) is 5.91 Å². The van der Waals surface area contributed by atoms with Crippen molar-refractivity contribution in [3.8, 4) is 0 Å². The average molecular weight is 279 g/mol. The quantitative estimate of drug-likeness (QED) is 0.917. The number of hydrogen-bond acceptors (Lipinski definition) is 2. The summed E-state index contributed by atoms with van der Waals surface area (Å²) in [6.45, 7) is 1.84. The summed E-state index contributed by atoms with van der Waals surface area (Å²) in [5.74, 6) is -1.44. The van der Waals surface area contributed by atoms with Crippen molar-refractivity contribution in [2.24, 2.45) is 5.73 Å². The lowest BCUT2D eigenvalue weighted by Gasteiger charge is -2.18. The highest BCUT2D eigenvalue weighted by molar-refractivity contribution is 5.85. The largest absolute Gasteiger partial charge is 0.341 e. The van der Waals surface area contributed by atoms with E-state index in [9.17, 15) is 13.6 Å². The molecule has 6 heteroatoms. The van der Waals surface area contributed by atoms with E-state index in [1.807, 2.05) is 0 Å². The Kier molecular flexibility index (Phi) is 6.80. The van der Waals surface area contributed by atoms with Gasteiger partial charge < -0.3 is 10.6 Å². The van der Waals surface area contributed by atoms with Crippen molar-refractivity contribution in [1.29, 1.82) is 0 Å². The van der Waals surface area contributed by atoms with Crippen LogP contribution in [0.1, 0.15) is 18.9 Å². The fraction of sp³-hybridized carbons (Fsp3) is 0.417. The Hall–Kier alpha value is -1.20. The molecule has 3 nitrogen and oxygen atoms in total. The molecule has 0 fully saturated rings. The van der Waals surface area contributed by atoms with Crippen LogP contribution in [-0.4, -0.2) is 23.9 Å². The highest BCUT2D eigenvalue weighted by Gasteiger charge is 2.13. The zero-order chi connectivity index (χ0) is 13.0. The lowest BCUT2D eigenvalue weighted by atomic mass is 10.1. The molecule has 0 radical (unpaired) electrons. The standard InChI is InChI=1S/C12H16F2N2O.ClH/c1-8(15)5-12(17)16(2)7-9-3-4-10(13)6-11(9)14;/h3-4,6,8H,5,7,15H2,1-2H3;1H. The minimum atomic E-state index is -0.648. The van der Waals surface area contributed by atoms with Crippen LogP contribution in [0.5, 0.6) is 0 Å². The Balaban J connectivity index is 0.00000289. The highest BCUT2D eigenvalue weighted by atomic mass is 35.5. The lowest BCUT2D eigenvalue weighted by Crippen LogP contribution is -2.31. The number of carbonyl (C=O) groups excluding carboxylic acids is 1. The third kappa shape index (κ3) is 4.98. The Morgan fingerprint density at radius 1 is 1.44 bits per heavy atom. The molecule has 18 heavy (non-hydrogen) atoms. The molecule has 1 aromatic carbocycles. The van der Waals surface area contributed by atoms with E-state index in [2.05, 4.69) is 0 Å². The molecule has 0 aliphatic carbocycles. The molecule has 1 aromatic rings. The molecule has 0 heterocycles. The number of carbonyl (C=O) groups is 1. The summed E-state index contributed by atoms with van der Waals surface area (Å²) in [4.78, 5) is 13.0. The maximum atomic E-state index is 13.3. The molecule has 0 aromatic heterocycles. The van der Waals surface area contributed by atoms with Gasteiger partial charge in [0.1, 0.15) is 11.6 Å². The van der Waals surface area contributed by atoms with Gasteiger partial charge in [-0.25, -0.2) is 8.78 Å². The number of rotatable bonds is 4. The average Bonchev–Trinajstić information content (AvgIpc) is 2.21. The van der Waals surface area contributed by atoms with Crippen molar-refractivity contribution in [2.75, 3.05) is 7.05 Å². The van der Waals surface area contributed by atoms with Crippen LogP contribution in [0.15, 0.2) is 18.2 Å². The summed E-state index contributed by atoms with van der Waals surface area (Å²) >= 11 is 0. The topological polar surface area (TPSA) is 46.3 Å². The number of halogens is 3. The van der Waals surface area contributed by atoms with Crippen LogP contribution in [0.3, 0.4) is 0 Å². The van der Waals surface area contributed by atoms with Crippen LogP contribution >= 0.6 is 12.4 Å². The molecule has 1 amide bonds. The van der Waals surface area contributed by atoms with Crippen LogP contribution in [0.4, 0.5) is 8.78 Å². The number of hydrogen-bond donors (Lipinski definition) is 1. The molecule has 1 rings (SSSR count). The molecule has 0 saturated heterocycles. The van der Waals surface area contributed by atoms with Gasteiger partial charge in [-0.2, -0.15) is 0 Å². The van der Waals surface area contributed by atoms with E-state index in [1.165, 1.54) is 17.0 Å². The van der Waals surface area contributed by atoms with Gasteiger partial charge in [-0.1, -0.05) is 6.07 Å². The van der Waals surface area contributed by atoms with E-state index in [-0.39, 0.29) is 42.9 Å². The fourth-order valence-corrected chi connectivity index (χ4v) is 1.42. The first-order valence-corrected chi connectivity index (χ1v) is 5.33. The Morgan fingerprint density at radius 2 is 2.06 bits per heavy atom. The normalized spacial score (nSPS) is 11.6. The third-order valence-electron chi connectivity index (χ3n) is 2.34. The smallest absolute Gasteiger partial charge is 0.224 e. The van der Waals surface area contributed by atoms with E-state index in [0.717, 1.165) is 6.07 Å². The maximum absolute atomic E-state index is 13.3. The van der Waals surface area contributed by atoms with Gasteiger partial charge in [0.25, 0.3) is 0 Å². The summed E-state index contributed by atoms with van der Waals surface area (Å²) in [6.07, 6.45) is 0.208. The van der Waals surface area contributed by atoms with Gasteiger partial charge in [0.05, 0.1) is 0 Å². The molecular formula is C12H17ClF2N2O. The number of nitrogens with zero attached hydrogens (tertiary/aromatic N) is 1. The summed E-state index contributed by atoms with van der Waals surface area (Å²) < 4.78 is 26.0. The summed E-state index contributed by atoms with van der Waals surface area (Å²) in [6, 6.07) is 3.07. The van der Waals surface area contributed by atoms with Gasteiger partial charge in [0.15, 0.2) is 0 Å². The van der Waals surface area contributed by atoms with E-state index < -0.39 is 11.6 Å². The van der Waals surface area contributed by atoms with Crippen molar-refractivity contribution in [3.63, 3.8) is 0 Å². The van der Waals surface area contributed by atoms with Crippen molar-refractivity contribution < 1.29 is 13.6 Å². The summed E-state index contributed by atoms with van der Waals surface area (Å²) in [7, 11) is 1.56. The molecule has 0 spiro atoms. The van der Waals surface area contributed by atoms with Gasteiger partial charge in [0, 0.05) is 37.7 Å². The second kappa shape index (κ2) is 7.28. The first kappa shape index (κ1) is 16.8. The number of benzene rings is 1. The Morgan fingerprint density at radius 3 is 2.56 bits per heavy atom. The van der Waals surface area contributed by atoms with Crippen molar-refractivity contribution >= 4 is 18.3 Å². The van der Waals surface area contributed by atoms with E-state index in [0.29, 0.717) is 0 Å². The van der Waals surface area contributed by atoms with Crippen LogP contribution in [-0.2, 0) is 11.3 Å². The fourth-order valence-electron chi connectivity index (χ4n) is 1.42. The SMILES string of the molecule is CC(N)CC(=O)N(C)Cc1ccc(F)cc1F.Cl. The first-order chi connectivity index (χ1) is 7.90. The van der Waals surface area contributed by atoms with Gasteiger partial charge in [-0.15, -0.1) is 12.4 Å². The molecule has 0 bridgehead atoms. The predicted molar refractivity (Wildman–Crippen MR) is 68.3 cm³/mol. The molecule has 2 N–H and O–H groups in total. The monoisotopic (exact) mass is 278 g/mol. The van der Waals surface area contributed by atoms with Crippen LogP contribution in [0.25, 0.3) is 0 Å². The van der Waals surface area contributed by atoms with Crippen LogP contribution in [0, 0.1) is 11.6 Å². The minimum Gasteiger partial charge on any atom is -0.341 e. The molecular weight excluding hydrogens is 262 g/mol. The molecule has 1 unspecified atom stereocenters. The molecule has 1 atom stereocenters. The van der Waals surface area contributed by atoms with Crippen molar-refractivity contribution in [1.82, 2.24) is 4.90 Å². The van der Waals surface area contributed by atoms with E-state index >= 15 is 0 Å². The second-order valence-electron chi connectivity index (χ2n) is 4.17. The van der Waals surface area contributed by atoms with Gasteiger partial charge in [-0.05, 0) is 13.0 Å². The summed E-state index contributed by atoms with van der Waals surface area (Å²) in [5, 5.41) is 0. The van der Waals surface area contributed by atoms with Crippen molar-refractivity contribution in [2.45, 2.75) is 25.9 Å². The molecule has 102 valence electrons. The molecule has 0 aliphatic heterocycles. The van der Waals surface area contributed by atoms with Crippen LogP contribution in [0.2, 0.25) is 0 Å². The number of amides is 1. The van der Waals surface area contributed by atoms with Crippen molar-refractivity contribution in [3.05, 3.63) is 35.4 Å².